The summed E-state index contributed by atoms with van der Waals surface area (Å²) in [4.78, 5) is 22.7. The summed E-state index contributed by atoms with van der Waals surface area (Å²) in [5.74, 6) is -2.56. The Morgan fingerprint density at radius 2 is 1.95 bits per heavy atom. The van der Waals surface area contributed by atoms with Crippen molar-refractivity contribution in [1.82, 2.24) is 5.32 Å². The van der Waals surface area contributed by atoms with E-state index in [4.69, 9.17) is 5.11 Å². The molecule has 0 radical (unpaired) electrons. The van der Waals surface area contributed by atoms with E-state index in [0.717, 1.165) is 0 Å². The molecule has 3 rings (SSSR count). The SMILES string of the molecule is O=C(O)[C@H]1C[C@@H]1C(=O)NC1(c2ccccc2F)CC1. The van der Waals surface area contributed by atoms with E-state index in [-0.39, 0.29) is 11.7 Å². The smallest absolute Gasteiger partial charge is 0.307 e. The van der Waals surface area contributed by atoms with Crippen LogP contribution in [0.2, 0.25) is 0 Å². The highest BCUT2D eigenvalue weighted by atomic mass is 19.1. The third-order valence-corrected chi connectivity index (χ3v) is 3.95. The average Bonchev–Trinajstić information content (AvgIpc) is 3.24. The van der Waals surface area contributed by atoms with Crippen LogP contribution in [-0.2, 0) is 15.1 Å². The lowest BCUT2D eigenvalue weighted by Crippen LogP contribution is -2.37. The predicted molar refractivity (Wildman–Crippen MR) is 64.7 cm³/mol. The van der Waals surface area contributed by atoms with Crippen LogP contribution in [0.25, 0.3) is 0 Å². The molecule has 2 fully saturated rings. The highest BCUT2D eigenvalue weighted by Gasteiger charge is 2.53. The molecule has 4 nitrogen and oxygen atoms in total. The maximum absolute atomic E-state index is 13.8. The summed E-state index contributed by atoms with van der Waals surface area (Å²) in [5, 5.41) is 11.6. The molecule has 0 heterocycles. The molecule has 1 aromatic rings. The van der Waals surface area contributed by atoms with Crippen molar-refractivity contribution in [2.24, 2.45) is 11.8 Å². The minimum absolute atomic E-state index is 0.270. The summed E-state index contributed by atoms with van der Waals surface area (Å²) in [7, 11) is 0. The Morgan fingerprint density at radius 3 is 2.47 bits per heavy atom. The average molecular weight is 263 g/mol. The summed E-state index contributed by atoms with van der Waals surface area (Å²) in [5.41, 5.74) is -0.121. The molecule has 1 aromatic carbocycles. The van der Waals surface area contributed by atoms with Crippen LogP contribution < -0.4 is 5.32 Å². The number of carbonyl (C=O) groups excluding carboxylic acids is 1. The molecule has 2 aliphatic rings. The lowest BCUT2D eigenvalue weighted by molar-refractivity contribution is -0.140. The normalized spacial score (nSPS) is 26.6. The van der Waals surface area contributed by atoms with Gasteiger partial charge in [0.15, 0.2) is 0 Å². The number of nitrogens with one attached hydrogen (secondary N) is 1. The minimum Gasteiger partial charge on any atom is -0.481 e. The van der Waals surface area contributed by atoms with Crippen LogP contribution in [0.4, 0.5) is 4.39 Å². The molecule has 0 bridgehead atoms. The molecule has 2 N–H and O–H groups in total. The van der Waals surface area contributed by atoms with Crippen molar-refractivity contribution in [3.8, 4) is 0 Å². The monoisotopic (exact) mass is 263 g/mol. The highest BCUT2D eigenvalue weighted by molar-refractivity contribution is 5.90. The molecule has 0 spiro atoms. The highest BCUT2D eigenvalue weighted by Crippen LogP contribution is 2.48. The van der Waals surface area contributed by atoms with Crippen LogP contribution in [0.3, 0.4) is 0 Å². The van der Waals surface area contributed by atoms with Gasteiger partial charge in [0, 0.05) is 5.56 Å². The molecule has 0 aliphatic heterocycles. The molecular formula is C14H14FNO3. The number of aliphatic carboxylic acids is 1. The van der Waals surface area contributed by atoms with E-state index in [1.807, 2.05) is 0 Å². The minimum atomic E-state index is -0.934. The van der Waals surface area contributed by atoms with Gasteiger partial charge >= 0.3 is 5.97 Å². The van der Waals surface area contributed by atoms with E-state index in [2.05, 4.69) is 5.32 Å². The molecule has 100 valence electrons. The number of carboxylic acids is 1. The van der Waals surface area contributed by atoms with Crippen LogP contribution in [0.5, 0.6) is 0 Å². The standard InChI is InChI=1S/C14H14FNO3/c15-11-4-2-1-3-10(11)14(5-6-14)16-12(17)8-7-9(8)13(18)19/h1-4,8-9H,5-7H2,(H,16,17)(H,18,19)/t8-,9-/m0/s1. The number of carbonyl (C=O) groups is 2. The largest absolute Gasteiger partial charge is 0.481 e. The van der Waals surface area contributed by atoms with Gasteiger partial charge in [0.1, 0.15) is 5.82 Å². The molecule has 19 heavy (non-hydrogen) atoms. The zero-order chi connectivity index (χ0) is 13.6. The van der Waals surface area contributed by atoms with Gasteiger partial charge in [0.25, 0.3) is 0 Å². The number of carboxylic acid groups (broad SMARTS) is 1. The summed E-state index contributed by atoms with van der Waals surface area (Å²) in [6.45, 7) is 0. The maximum Gasteiger partial charge on any atom is 0.307 e. The van der Waals surface area contributed by atoms with Gasteiger partial charge in [-0.1, -0.05) is 18.2 Å². The number of hydrogen-bond acceptors (Lipinski definition) is 2. The first-order chi connectivity index (χ1) is 9.03. The zero-order valence-corrected chi connectivity index (χ0v) is 10.2. The fraction of sp³-hybridized carbons (Fsp3) is 0.429. The van der Waals surface area contributed by atoms with Crippen molar-refractivity contribution in [2.75, 3.05) is 0 Å². The molecule has 1 amide bonds. The second kappa shape index (κ2) is 4.05. The van der Waals surface area contributed by atoms with Crippen molar-refractivity contribution in [3.63, 3.8) is 0 Å². The van der Waals surface area contributed by atoms with Crippen molar-refractivity contribution in [3.05, 3.63) is 35.6 Å². The van der Waals surface area contributed by atoms with Crippen molar-refractivity contribution in [2.45, 2.75) is 24.8 Å². The lowest BCUT2D eigenvalue weighted by atomic mass is 10.0. The Morgan fingerprint density at radius 1 is 1.26 bits per heavy atom. The van der Waals surface area contributed by atoms with Crippen molar-refractivity contribution >= 4 is 11.9 Å². The molecule has 0 aromatic heterocycles. The fourth-order valence-corrected chi connectivity index (χ4v) is 2.52. The first kappa shape index (κ1) is 12.1. The van der Waals surface area contributed by atoms with Gasteiger partial charge in [-0.3, -0.25) is 9.59 Å². The molecule has 2 saturated carbocycles. The summed E-state index contributed by atoms with van der Waals surface area (Å²) in [6.07, 6.45) is 1.78. The van der Waals surface area contributed by atoms with Gasteiger partial charge in [-0.15, -0.1) is 0 Å². The van der Waals surface area contributed by atoms with Gasteiger partial charge in [0.2, 0.25) is 5.91 Å². The lowest BCUT2D eigenvalue weighted by Gasteiger charge is -2.18. The van der Waals surface area contributed by atoms with Crippen LogP contribution in [-0.4, -0.2) is 17.0 Å². The fourth-order valence-electron chi connectivity index (χ4n) is 2.52. The van der Waals surface area contributed by atoms with E-state index in [0.29, 0.717) is 24.8 Å². The Labute approximate surface area is 109 Å². The Kier molecular flexibility index (Phi) is 2.59. The van der Waals surface area contributed by atoms with Crippen LogP contribution in [0.1, 0.15) is 24.8 Å². The van der Waals surface area contributed by atoms with Gasteiger partial charge in [-0.05, 0) is 25.3 Å². The molecular weight excluding hydrogens is 249 g/mol. The Balaban J connectivity index is 1.72. The second-order valence-corrected chi connectivity index (χ2v) is 5.34. The van der Waals surface area contributed by atoms with Crippen molar-refractivity contribution < 1.29 is 19.1 Å². The third kappa shape index (κ3) is 2.09. The first-order valence-corrected chi connectivity index (χ1v) is 6.33. The van der Waals surface area contributed by atoms with E-state index < -0.39 is 23.3 Å². The number of rotatable bonds is 4. The van der Waals surface area contributed by atoms with E-state index >= 15 is 0 Å². The Hall–Kier alpha value is -1.91. The summed E-state index contributed by atoms with van der Waals surface area (Å²) >= 11 is 0. The predicted octanol–water partition coefficient (Wildman–Crippen LogP) is 1.65. The second-order valence-electron chi connectivity index (χ2n) is 5.34. The van der Waals surface area contributed by atoms with Crippen LogP contribution in [0.15, 0.2) is 24.3 Å². The van der Waals surface area contributed by atoms with Gasteiger partial charge in [0.05, 0.1) is 17.4 Å². The van der Waals surface area contributed by atoms with Gasteiger partial charge in [-0.25, -0.2) is 4.39 Å². The molecule has 2 atom stereocenters. The summed E-state index contributed by atoms with van der Waals surface area (Å²) in [6, 6.07) is 6.39. The topological polar surface area (TPSA) is 66.4 Å². The number of benzene rings is 1. The quantitative estimate of drug-likeness (QED) is 0.868. The first-order valence-electron chi connectivity index (χ1n) is 6.33. The van der Waals surface area contributed by atoms with Gasteiger partial charge in [-0.2, -0.15) is 0 Å². The zero-order valence-electron chi connectivity index (χ0n) is 10.2. The Bertz CT molecular complexity index is 553. The molecule has 5 heteroatoms. The number of hydrogen-bond donors (Lipinski definition) is 2. The van der Waals surface area contributed by atoms with Crippen molar-refractivity contribution in [1.29, 1.82) is 0 Å². The third-order valence-electron chi connectivity index (χ3n) is 3.95. The number of amides is 1. The van der Waals surface area contributed by atoms with Gasteiger partial charge < -0.3 is 10.4 Å². The van der Waals surface area contributed by atoms with Crippen LogP contribution >= 0.6 is 0 Å². The molecule has 0 unspecified atom stereocenters. The maximum atomic E-state index is 13.8. The van der Waals surface area contributed by atoms with E-state index in [1.54, 1.807) is 18.2 Å². The summed E-state index contributed by atoms with van der Waals surface area (Å²) < 4.78 is 13.8. The number of halogens is 1. The van der Waals surface area contributed by atoms with Crippen LogP contribution in [0, 0.1) is 17.7 Å². The van der Waals surface area contributed by atoms with E-state index in [1.165, 1.54) is 6.07 Å². The molecule has 0 saturated heterocycles. The molecule has 2 aliphatic carbocycles. The van der Waals surface area contributed by atoms with E-state index in [9.17, 15) is 14.0 Å².